The first-order valence-corrected chi connectivity index (χ1v) is 7.59. The lowest BCUT2D eigenvalue weighted by Crippen LogP contribution is -2.34. The second-order valence-electron chi connectivity index (χ2n) is 5.81. The molecular weight excluding hydrogens is 276 g/mol. The third-order valence-electron chi connectivity index (χ3n) is 3.67. The van der Waals surface area contributed by atoms with Crippen molar-refractivity contribution >= 4 is 17.3 Å². The number of aromatic nitrogens is 2. The van der Waals surface area contributed by atoms with Crippen LogP contribution >= 0.6 is 11.6 Å². The number of hydrogen-bond acceptors (Lipinski definition) is 4. The van der Waals surface area contributed by atoms with Crippen molar-refractivity contribution < 1.29 is 0 Å². The van der Waals surface area contributed by atoms with Gasteiger partial charge in [-0.15, -0.1) is 0 Å². The minimum absolute atomic E-state index is 0.0121. The summed E-state index contributed by atoms with van der Waals surface area (Å²) in [6.07, 6.45) is 5.16. The minimum Gasteiger partial charge on any atom is -0.378 e. The molecule has 0 bridgehead atoms. The van der Waals surface area contributed by atoms with E-state index in [2.05, 4.69) is 22.4 Å². The fraction of sp³-hybridized carbons (Fsp3) is 0.714. The Kier molecular flexibility index (Phi) is 5.05. The van der Waals surface area contributed by atoms with Gasteiger partial charge in [-0.05, 0) is 40.3 Å². The first-order valence-electron chi connectivity index (χ1n) is 7.21. The van der Waals surface area contributed by atoms with E-state index in [4.69, 9.17) is 11.6 Å². The van der Waals surface area contributed by atoms with Crippen molar-refractivity contribution in [1.29, 1.82) is 0 Å². The van der Waals surface area contributed by atoms with Crippen LogP contribution in [0.1, 0.15) is 39.2 Å². The monoisotopic (exact) mass is 298 g/mol. The van der Waals surface area contributed by atoms with Gasteiger partial charge in [-0.2, -0.15) is 5.10 Å². The van der Waals surface area contributed by atoms with Gasteiger partial charge in [0.2, 0.25) is 0 Å². The Morgan fingerprint density at radius 3 is 2.90 bits per heavy atom. The number of rotatable bonds is 3. The average Bonchev–Trinajstić information content (AvgIpc) is 2.59. The van der Waals surface area contributed by atoms with E-state index < -0.39 is 0 Å². The summed E-state index contributed by atoms with van der Waals surface area (Å²) in [5.74, 6) is 0. The number of anilines is 1. The van der Waals surface area contributed by atoms with Crippen molar-refractivity contribution in [2.24, 2.45) is 0 Å². The molecule has 1 aliphatic heterocycles. The van der Waals surface area contributed by atoms with Crippen LogP contribution in [0.2, 0.25) is 5.02 Å². The van der Waals surface area contributed by atoms with E-state index in [-0.39, 0.29) is 16.6 Å². The molecule has 0 radical (unpaired) electrons. The van der Waals surface area contributed by atoms with Gasteiger partial charge in [0.25, 0.3) is 5.56 Å². The van der Waals surface area contributed by atoms with Crippen LogP contribution in [-0.2, 0) is 0 Å². The van der Waals surface area contributed by atoms with Crippen LogP contribution in [0, 0.1) is 0 Å². The number of nitrogens with one attached hydrogen (secondary N) is 1. The summed E-state index contributed by atoms with van der Waals surface area (Å²) in [5.41, 5.74) is 0.419. The molecule has 1 N–H and O–H groups in total. The molecule has 0 unspecified atom stereocenters. The first kappa shape index (κ1) is 15.3. The third kappa shape index (κ3) is 3.52. The van der Waals surface area contributed by atoms with Gasteiger partial charge in [0.1, 0.15) is 5.02 Å². The van der Waals surface area contributed by atoms with E-state index in [9.17, 15) is 4.79 Å². The second kappa shape index (κ2) is 6.59. The maximum Gasteiger partial charge on any atom is 0.287 e. The normalized spacial score (nSPS) is 20.9. The van der Waals surface area contributed by atoms with E-state index in [1.54, 1.807) is 6.20 Å². The van der Waals surface area contributed by atoms with Crippen LogP contribution in [0.5, 0.6) is 0 Å². The van der Waals surface area contributed by atoms with Gasteiger partial charge in [-0.3, -0.25) is 4.79 Å². The largest absolute Gasteiger partial charge is 0.378 e. The van der Waals surface area contributed by atoms with Gasteiger partial charge >= 0.3 is 0 Å². The predicted molar refractivity (Wildman–Crippen MR) is 82.7 cm³/mol. The molecule has 5 nitrogen and oxygen atoms in total. The minimum atomic E-state index is -0.228. The van der Waals surface area contributed by atoms with Crippen molar-refractivity contribution in [2.45, 2.75) is 45.2 Å². The Balaban J connectivity index is 2.17. The van der Waals surface area contributed by atoms with E-state index in [1.807, 2.05) is 13.8 Å². The molecule has 0 aliphatic carbocycles. The van der Waals surface area contributed by atoms with Crippen LogP contribution in [0.4, 0.5) is 5.69 Å². The number of halogens is 1. The first-order chi connectivity index (χ1) is 9.49. The summed E-state index contributed by atoms with van der Waals surface area (Å²) in [5, 5.41) is 7.80. The van der Waals surface area contributed by atoms with Crippen LogP contribution < -0.4 is 10.9 Å². The Labute approximate surface area is 124 Å². The lowest BCUT2D eigenvalue weighted by molar-refractivity contribution is 0.339. The Morgan fingerprint density at radius 1 is 1.45 bits per heavy atom. The van der Waals surface area contributed by atoms with Crippen molar-refractivity contribution in [1.82, 2.24) is 14.7 Å². The van der Waals surface area contributed by atoms with Crippen LogP contribution in [-0.4, -0.2) is 40.9 Å². The Morgan fingerprint density at radius 2 is 2.20 bits per heavy atom. The van der Waals surface area contributed by atoms with E-state index in [0.29, 0.717) is 11.7 Å². The van der Waals surface area contributed by atoms with Crippen LogP contribution in [0.15, 0.2) is 11.0 Å². The Hall–Kier alpha value is -1.07. The molecule has 0 saturated carbocycles. The summed E-state index contributed by atoms with van der Waals surface area (Å²) < 4.78 is 1.41. The number of hydrogen-bond donors (Lipinski definition) is 1. The molecule has 1 aromatic heterocycles. The van der Waals surface area contributed by atoms with Gasteiger partial charge in [-0.1, -0.05) is 18.0 Å². The molecule has 1 saturated heterocycles. The van der Waals surface area contributed by atoms with E-state index in [0.717, 1.165) is 19.5 Å². The van der Waals surface area contributed by atoms with Crippen molar-refractivity contribution in [2.75, 3.05) is 25.5 Å². The highest BCUT2D eigenvalue weighted by atomic mass is 35.5. The zero-order valence-electron chi connectivity index (χ0n) is 12.4. The SMILES string of the molecule is CC(C)n1ncc(N[C@@H]2CCCCN(C)C2)c(Cl)c1=O. The van der Waals surface area contributed by atoms with Gasteiger partial charge in [0.15, 0.2) is 0 Å². The maximum absolute atomic E-state index is 12.1. The van der Waals surface area contributed by atoms with Crippen LogP contribution in [0.3, 0.4) is 0 Å². The molecule has 2 rings (SSSR count). The highest BCUT2D eigenvalue weighted by Crippen LogP contribution is 2.20. The molecule has 2 heterocycles. The summed E-state index contributed by atoms with van der Waals surface area (Å²) >= 11 is 6.19. The summed E-state index contributed by atoms with van der Waals surface area (Å²) in [6.45, 7) is 5.92. The molecule has 0 amide bonds. The number of likely N-dealkylation sites (N-methyl/N-ethyl adjacent to an activating group) is 1. The molecule has 6 heteroatoms. The van der Waals surface area contributed by atoms with Gasteiger partial charge in [-0.25, -0.2) is 4.68 Å². The quantitative estimate of drug-likeness (QED) is 0.931. The molecule has 1 atom stereocenters. The van der Waals surface area contributed by atoms with Gasteiger partial charge in [0.05, 0.1) is 17.9 Å². The van der Waals surface area contributed by atoms with Crippen LogP contribution in [0.25, 0.3) is 0 Å². The summed E-state index contributed by atoms with van der Waals surface area (Å²) in [4.78, 5) is 14.4. The summed E-state index contributed by atoms with van der Waals surface area (Å²) in [6, 6.07) is 0.328. The zero-order chi connectivity index (χ0) is 14.7. The van der Waals surface area contributed by atoms with Gasteiger partial charge in [0, 0.05) is 12.6 Å². The molecule has 1 fully saturated rings. The highest BCUT2D eigenvalue weighted by molar-refractivity contribution is 6.32. The van der Waals surface area contributed by atoms with E-state index in [1.165, 1.54) is 17.5 Å². The third-order valence-corrected chi connectivity index (χ3v) is 4.03. The molecule has 0 aromatic carbocycles. The predicted octanol–water partition coefficient (Wildman–Crippen LogP) is 2.37. The molecule has 112 valence electrons. The van der Waals surface area contributed by atoms with Crippen molar-refractivity contribution in [3.05, 3.63) is 21.6 Å². The Bertz CT molecular complexity index is 514. The molecule has 1 aromatic rings. The number of nitrogens with zero attached hydrogens (tertiary/aromatic N) is 3. The zero-order valence-corrected chi connectivity index (χ0v) is 13.2. The standard InChI is InChI=1S/C14H23ClN4O/c1-10(2)19-14(20)13(15)12(8-16-19)17-11-6-4-5-7-18(3)9-11/h8,10-11,17H,4-7,9H2,1-3H3/t11-/m1/s1. The molecule has 20 heavy (non-hydrogen) atoms. The summed E-state index contributed by atoms with van der Waals surface area (Å²) in [7, 11) is 2.12. The highest BCUT2D eigenvalue weighted by Gasteiger charge is 2.18. The van der Waals surface area contributed by atoms with Gasteiger partial charge < -0.3 is 10.2 Å². The lowest BCUT2D eigenvalue weighted by Gasteiger charge is -2.22. The topological polar surface area (TPSA) is 50.2 Å². The lowest BCUT2D eigenvalue weighted by atomic mass is 10.1. The fourth-order valence-electron chi connectivity index (χ4n) is 2.58. The molecular formula is C14H23ClN4O. The average molecular weight is 299 g/mol. The maximum atomic E-state index is 12.1. The van der Waals surface area contributed by atoms with Crippen molar-refractivity contribution in [3.63, 3.8) is 0 Å². The number of likely N-dealkylation sites (tertiary alicyclic amines) is 1. The van der Waals surface area contributed by atoms with Crippen molar-refractivity contribution in [3.8, 4) is 0 Å². The molecule has 1 aliphatic rings. The molecule has 0 spiro atoms. The smallest absolute Gasteiger partial charge is 0.287 e. The fourth-order valence-corrected chi connectivity index (χ4v) is 2.77. The van der Waals surface area contributed by atoms with E-state index >= 15 is 0 Å². The second-order valence-corrected chi connectivity index (χ2v) is 6.19.